The molecule has 0 radical (unpaired) electrons. The largest absolute Gasteiger partial charge is 0.351 e. The summed E-state index contributed by atoms with van der Waals surface area (Å²) >= 11 is 5.84. The molecule has 0 amide bonds. The first kappa shape index (κ1) is 20.4. The van der Waals surface area contributed by atoms with Gasteiger partial charge in [-0.3, -0.25) is 9.97 Å². The Morgan fingerprint density at radius 3 is 2.50 bits per heavy atom. The van der Waals surface area contributed by atoms with Crippen molar-refractivity contribution in [2.75, 3.05) is 4.90 Å². The van der Waals surface area contributed by atoms with E-state index in [1.165, 1.54) is 22.5 Å². The van der Waals surface area contributed by atoms with Gasteiger partial charge in [-0.05, 0) is 73.6 Å². The average molecular weight is 440 g/mol. The van der Waals surface area contributed by atoms with Crippen molar-refractivity contribution < 1.29 is 0 Å². The SMILES string of the molecule is Cc1cc([C@@H]2[C@@H](c3ccccn3)NC(=S)N2c2ccccc2)c(C)n1Cc1cccnc1. The number of rotatable bonds is 5. The Hall–Kier alpha value is -3.51. The van der Waals surface area contributed by atoms with Crippen LogP contribution < -0.4 is 10.2 Å². The first-order valence-corrected chi connectivity index (χ1v) is 11.2. The number of aryl methyl sites for hydroxylation is 1. The minimum Gasteiger partial charge on any atom is -0.351 e. The lowest BCUT2D eigenvalue weighted by molar-refractivity contribution is 0.563. The summed E-state index contributed by atoms with van der Waals surface area (Å²) in [6.45, 7) is 5.14. The fraction of sp³-hybridized carbons (Fsp3) is 0.192. The van der Waals surface area contributed by atoms with E-state index in [-0.39, 0.29) is 12.1 Å². The van der Waals surface area contributed by atoms with E-state index in [4.69, 9.17) is 12.2 Å². The molecule has 1 fully saturated rings. The number of para-hydroxylation sites is 1. The zero-order valence-corrected chi connectivity index (χ0v) is 19.0. The topological polar surface area (TPSA) is 46.0 Å². The van der Waals surface area contributed by atoms with Gasteiger partial charge in [0.25, 0.3) is 0 Å². The average Bonchev–Trinajstić information content (AvgIpc) is 3.32. The molecule has 0 aliphatic carbocycles. The second kappa shape index (κ2) is 8.55. The highest BCUT2D eigenvalue weighted by atomic mass is 32.1. The van der Waals surface area contributed by atoms with Crippen LogP contribution in [0.5, 0.6) is 0 Å². The van der Waals surface area contributed by atoms with Crippen molar-refractivity contribution >= 4 is 23.0 Å². The molecule has 160 valence electrons. The number of pyridine rings is 2. The van der Waals surface area contributed by atoms with Crippen molar-refractivity contribution in [1.82, 2.24) is 19.9 Å². The number of hydrogen-bond donors (Lipinski definition) is 1. The molecular formula is C26H25N5S. The molecule has 6 heteroatoms. The minimum atomic E-state index is -0.0451. The number of aromatic nitrogens is 3. The second-order valence-electron chi connectivity index (χ2n) is 8.11. The Kier molecular flexibility index (Phi) is 5.45. The van der Waals surface area contributed by atoms with Gasteiger partial charge in [0.2, 0.25) is 0 Å². The summed E-state index contributed by atoms with van der Waals surface area (Å²) in [5.41, 5.74) is 6.93. The van der Waals surface area contributed by atoms with Crippen LogP contribution in [0.3, 0.4) is 0 Å². The van der Waals surface area contributed by atoms with Crippen LogP contribution in [0.25, 0.3) is 0 Å². The Bertz CT molecular complexity index is 1220. The van der Waals surface area contributed by atoms with E-state index in [0.29, 0.717) is 5.11 Å². The van der Waals surface area contributed by atoms with E-state index in [9.17, 15) is 0 Å². The molecule has 0 unspecified atom stereocenters. The molecular weight excluding hydrogens is 414 g/mol. The molecule has 3 aromatic heterocycles. The lowest BCUT2D eigenvalue weighted by atomic mass is 9.96. The summed E-state index contributed by atoms with van der Waals surface area (Å²) in [5, 5.41) is 4.27. The van der Waals surface area contributed by atoms with Crippen LogP contribution in [0.2, 0.25) is 0 Å². The van der Waals surface area contributed by atoms with Gasteiger partial charge in [0.1, 0.15) is 0 Å². The Morgan fingerprint density at radius 1 is 0.969 bits per heavy atom. The van der Waals surface area contributed by atoms with E-state index in [1.807, 2.05) is 42.9 Å². The lowest BCUT2D eigenvalue weighted by Gasteiger charge is -2.28. The quantitative estimate of drug-likeness (QED) is 0.437. The number of anilines is 1. The summed E-state index contributed by atoms with van der Waals surface area (Å²) in [5.74, 6) is 0. The molecule has 0 bridgehead atoms. The number of nitrogens with one attached hydrogen (secondary N) is 1. The van der Waals surface area contributed by atoms with Crippen LogP contribution in [0, 0.1) is 13.8 Å². The van der Waals surface area contributed by atoms with Gasteiger partial charge in [-0.2, -0.15) is 0 Å². The van der Waals surface area contributed by atoms with Crippen LogP contribution in [0.4, 0.5) is 5.69 Å². The monoisotopic (exact) mass is 439 g/mol. The van der Waals surface area contributed by atoms with E-state index in [2.05, 4.69) is 81.1 Å². The molecule has 5 nitrogen and oxygen atoms in total. The molecule has 4 heterocycles. The van der Waals surface area contributed by atoms with Gasteiger partial charge in [0, 0.05) is 42.2 Å². The van der Waals surface area contributed by atoms with Crippen molar-refractivity contribution in [1.29, 1.82) is 0 Å². The summed E-state index contributed by atoms with van der Waals surface area (Å²) in [7, 11) is 0. The molecule has 1 N–H and O–H groups in total. The highest BCUT2D eigenvalue weighted by molar-refractivity contribution is 7.80. The molecule has 5 rings (SSSR count). The van der Waals surface area contributed by atoms with Gasteiger partial charge >= 0.3 is 0 Å². The maximum Gasteiger partial charge on any atom is 0.174 e. The summed E-state index contributed by atoms with van der Waals surface area (Å²) in [4.78, 5) is 11.2. The van der Waals surface area contributed by atoms with Gasteiger partial charge in [-0.1, -0.05) is 30.3 Å². The number of nitrogens with zero attached hydrogens (tertiary/aromatic N) is 4. The zero-order chi connectivity index (χ0) is 22.1. The van der Waals surface area contributed by atoms with Crippen LogP contribution in [0.15, 0.2) is 85.3 Å². The fourth-order valence-corrected chi connectivity index (χ4v) is 4.93. The Labute approximate surface area is 193 Å². The van der Waals surface area contributed by atoms with Crippen LogP contribution in [-0.2, 0) is 6.54 Å². The van der Waals surface area contributed by atoms with Crippen LogP contribution >= 0.6 is 12.2 Å². The van der Waals surface area contributed by atoms with Crippen molar-refractivity contribution in [3.05, 3.63) is 114 Å². The normalized spacial score (nSPS) is 18.1. The van der Waals surface area contributed by atoms with E-state index >= 15 is 0 Å². The fourth-order valence-electron chi connectivity index (χ4n) is 4.58. The maximum atomic E-state index is 5.84. The van der Waals surface area contributed by atoms with Gasteiger partial charge < -0.3 is 14.8 Å². The summed E-state index contributed by atoms with van der Waals surface area (Å²) < 4.78 is 2.35. The second-order valence-corrected chi connectivity index (χ2v) is 8.49. The van der Waals surface area contributed by atoms with Gasteiger partial charge in [-0.25, -0.2) is 0 Å². The smallest absolute Gasteiger partial charge is 0.174 e. The number of hydrogen-bond acceptors (Lipinski definition) is 3. The standard InChI is InChI=1S/C26H25N5S/c1-18-15-22(19(2)30(18)17-20-9-8-13-27-16-20)25-24(23-12-6-7-14-28-23)29-26(32)31(25)21-10-4-3-5-11-21/h3-16,24-25H,17H2,1-2H3,(H,29,32)/t24-,25-/m1/s1. The van der Waals surface area contributed by atoms with Crippen LogP contribution in [0.1, 0.15) is 40.3 Å². The molecule has 4 aromatic rings. The molecule has 1 saturated heterocycles. The molecule has 0 saturated carbocycles. The van der Waals surface area contributed by atoms with Crippen molar-refractivity contribution in [3.63, 3.8) is 0 Å². The first-order chi connectivity index (χ1) is 15.6. The highest BCUT2D eigenvalue weighted by Crippen LogP contribution is 2.43. The molecule has 1 aromatic carbocycles. The third-order valence-electron chi connectivity index (χ3n) is 6.13. The Balaban J connectivity index is 1.62. The summed E-state index contributed by atoms with van der Waals surface area (Å²) in [6.07, 6.45) is 5.58. The van der Waals surface area contributed by atoms with E-state index in [0.717, 1.165) is 17.9 Å². The number of thiocarbonyl (C=S) groups is 1. The predicted octanol–water partition coefficient (Wildman–Crippen LogP) is 5.12. The molecule has 32 heavy (non-hydrogen) atoms. The van der Waals surface area contributed by atoms with E-state index in [1.54, 1.807) is 0 Å². The Morgan fingerprint density at radius 2 is 1.78 bits per heavy atom. The third kappa shape index (κ3) is 3.67. The number of benzene rings is 1. The maximum absolute atomic E-state index is 5.84. The van der Waals surface area contributed by atoms with Crippen molar-refractivity contribution in [2.24, 2.45) is 0 Å². The lowest BCUT2D eigenvalue weighted by Crippen LogP contribution is -2.29. The first-order valence-electron chi connectivity index (χ1n) is 10.7. The van der Waals surface area contributed by atoms with Crippen molar-refractivity contribution in [2.45, 2.75) is 32.5 Å². The third-order valence-corrected chi connectivity index (χ3v) is 6.44. The van der Waals surface area contributed by atoms with Crippen molar-refractivity contribution in [3.8, 4) is 0 Å². The molecule has 1 aliphatic heterocycles. The molecule has 1 aliphatic rings. The summed E-state index contributed by atoms with van der Waals surface area (Å²) in [6, 6.07) is 22.7. The minimum absolute atomic E-state index is 0.00588. The molecule has 2 atom stereocenters. The molecule has 0 spiro atoms. The van der Waals surface area contributed by atoms with Crippen LogP contribution in [-0.4, -0.2) is 19.6 Å². The van der Waals surface area contributed by atoms with Gasteiger partial charge in [0.05, 0.1) is 17.8 Å². The zero-order valence-electron chi connectivity index (χ0n) is 18.1. The highest BCUT2D eigenvalue weighted by Gasteiger charge is 2.42. The van der Waals surface area contributed by atoms with Gasteiger partial charge in [0.15, 0.2) is 5.11 Å². The predicted molar refractivity (Wildman–Crippen MR) is 132 cm³/mol. The van der Waals surface area contributed by atoms with E-state index < -0.39 is 0 Å². The van der Waals surface area contributed by atoms with Gasteiger partial charge in [-0.15, -0.1) is 0 Å².